The van der Waals surface area contributed by atoms with Crippen molar-refractivity contribution in [2.24, 2.45) is 12.1 Å². The van der Waals surface area contributed by atoms with Gasteiger partial charge in [0.2, 0.25) is 6.79 Å². The average molecular weight is 477 g/mol. The summed E-state index contributed by atoms with van der Waals surface area (Å²) in [4.78, 5) is 12.0. The fourth-order valence-electron chi connectivity index (χ4n) is 1.86. The first-order valence-corrected chi connectivity index (χ1v) is 8.03. The molecule has 1 aromatic heterocycles. The number of nitrogens with one attached hydrogen (secondary N) is 1. The number of hydrogen-bond acceptors (Lipinski definition) is 5. The molecule has 2 aromatic rings. The van der Waals surface area contributed by atoms with Crippen LogP contribution >= 0.6 is 38.5 Å². The summed E-state index contributed by atoms with van der Waals surface area (Å²) in [6, 6.07) is 3.58. The third-order valence-corrected chi connectivity index (χ3v) is 4.34. The number of amides is 1. The van der Waals surface area contributed by atoms with Gasteiger partial charge in [-0.1, -0.05) is 0 Å². The van der Waals surface area contributed by atoms with Crippen LogP contribution in [-0.4, -0.2) is 28.7 Å². The van der Waals surface area contributed by atoms with Crippen molar-refractivity contribution in [3.63, 3.8) is 0 Å². The van der Waals surface area contributed by atoms with Crippen molar-refractivity contribution in [3.8, 4) is 11.5 Å². The highest BCUT2D eigenvalue weighted by Gasteiger charge is 2.16. The van der Waals surface area contributed by atoms with Gasteiger partial charge in [0, 0.05) is 23.3 Å². The van der Waals surface area contributed by atoms with Crippen LogP contribution in [0.1, 0.15) is 16.1 Å². The number of hydrogen-bond donors (Lipinski definition) is 1. The van der Waals surface area contributed by atoms with Crippen LogP contribution in [0.2, 0.25) is 0 Å². The highest BCUT2D eigenvalue weighted by molar-refractivity contribution is 14.1. The number of benzene rings is 1. The van der Waals surface area contributed by atoms with E-state index in [0.29, 0.717) is 17.2 Å². The first-order valence-electron chi connectivity index (χ1n) is 6.16. The first kappa shape index (κ1) is 15.3. The van der Waals surface area contributed by atoms with E-state index in [2.05, 4.69) is 54.1 Å². The Morgan fingerprint density at radius 1 is 1.50 bits per heavy atom. The largest absolute Gasteiger partial charge is 0.454 e. The Balaban J connectivity index is 1.72. The molecule has 0 unspecified atom stereocenters. The summed E-state index contributed by atoms with van der Waals surface area (Å²) in [5, 5.41) is 8.03. The van der Waals surface area contributed by atoms with Crippen LogP contribution in [0.15, 0.2) is 27.9 Å². The standard InChI is InChI=1S/C13H10BrIN4O3/c1-19-5-9(15)12(18-19)13(20)17-16-4-7-2-10-11(3-8(7)14)22-6-21-10/h2-5H,6H2,1H3,(H,17,20)/b16-4+. The lowest BCUT2D eigenvalue weighted by atomic mass is 10.2. The Hall–Kier alpha value is -1.62. The Morgan fingerprint density at radius 3 is 2.91 bits per heavy atom. The summed E-state index contributed by atoms with van der Waals surface area (Å²) in [5.41, 5.74) is 3.56. The van der Waals surface area contributed by atoms with Crippen LogP contribution in [-0.2, 0) is 7.05 Å². The molecule has 0 atom stereocenters. The Morgan fingerprint density at radius 2 is 2.23 bits per heavy atom. The molecule has 22 heavy (non-hydrogen) atoms. The number of rotatable bonds is 3. The normalized spacial score (nSPS) is 12.9. The number of ether oxygens (including phenoxy) is 2. The lowest BCUT2D eigenvalue weighted by Crippen LogP contribution is -2.19. The van der Waals surface area contributed by atoms with Crippen LogP contribution in [0.3, 0.4) is 0 Å². The third kappa shape index (κ3) is 3.09. The maximum absolute atomic E-state index is 12.0. The Labute approximate surface area is 147 Å². The molecule has 2 heterocycles. The maximum atomic E-state index is 12.0. The minimum atomic E-state index is -0.363. The quantitative estimate of drug-likeness (QED) is 0.419. The van der Waals surface area contributed by atoms with E-state index in [9.17, 15) is 4.79 Å². The molecule has 1 aromatic carbocycles. The monoisotopic (exact) mass is 476 g/mol. The topological polar surface area (TPSA) is 77.7 Å². The summed E-state index contributed by atoms with van der Waals surface area (Å²) in [6.07, 6.45) is 3.29. The number of halogens is 2. The molecular weight excluding hydrogens is 467 g/mol. The molecule has 9 heteroatoms. The number of carbonyl (C=O) groups excluding carboxylic acids is 1. The molecule has 0 bridgehead atoms. The number of aromatic nitrogens is 2. The summed E-state index contributed by atoms with van der Waals surface area (Å²) in [5.74, 6) is 0.962. The molecule has 0 aliphatic carbocycles. The summed E-state index contributed by atoms with van der Waals surface area (Å²) < 4.78 is 13.7. The molecule has 7 nitrogen and oxygen atoms in total. The van der Waals surface area contributed by atoms with E-state index in [4.69, 9.17) is 9.47 Å². The van der Waals surface area contributed by atoms with E-state index >= 15 is 0 Å². The van der Waals surface area contributed by atoms with Crippen LogP contribution < -0.4 is 14.9 Å². The Bertz CT molecular complexity index is 775. The van der Waals surface area contributed by atoms with Crippen molar-refractivity contribution in [2.75, 3.05) is 6.79 Å². The fraction of sp³-hybridized carbons (Fsp3) is 0.154. The lowest BCUT2D eigenvalue weighted by Gasteiger charge is -2.01. The molecule has 0 radical (unpaired) electrons. The number of nitrogens with zero attached hydrogens (tertiary/aromatic N) is 3. The van der Waals surface area contributed by atoms with E-state index in [0.717, 1.165) is 13.6 Å². The van der Waals surface area contributed by atoms with Crippen LogP contribution in [0, 0.1) is 3.57 Å². The van der Waals surface area contributed by atoms with Crippen molar-refractivity contribution < 1.29 is 14.3 Å². The zero-order valence-electron chi connectivity index (χ0n) is 11.3. The van der Waals surface area contributed by atoms with Crippen molar-refractivity contribution in [1.29, 1.82) is 0 Å². The lowest BCUT2D eigenvalue weighted by molar-refractivity contribution is 0.0948. The summed E-state index contributed by atoms with van der Waals surface area (Å²) >= 11 is 5.47. The maximum Gasteiger partial charge on any atom is 0.292 e. The minimum absolute atomic E-state index is 0.206. The number of hydrazone groups is 1. The average Bonchev–Trinajstić information content (AvgIpc) is 3.04. The van der Waals surface area contributed by atoms with Crippen LogP contribution in [0.4, 0.5) is 0 Å². The van der Waals surface area contributed by atoms with Gasteiger partial charge in [-0.25, -0.2) is 5.43 Å². The molecular formula is C13H10BrIN4O3. The predicted octanol–water partition coefficient (Wildman–Crippen LogP) is 2.28. The second kappa shape index (κ2) is 6.24. The van der Waals surface area contributed by atoms with E-state index in [1.807, 2.05) is 0 Å². The van der Waals surface area contributed by atoms with E-state index in [1.54, 1.807) is 30.1 Å². The number of aryl methyl sites for hydroxylation is 1. The van der Waals surface area contributed by atoms with Crippen molar-refractivity contribution in [1.82, 2.24) is 15.2 Å². The predicted molar refractivity (Wildman–Crippen MR) is 91.3 cm³/mol. The van der Waals surface area contributed by atoms with Gasteiger partial charge in [-0.3, -0.25) is 9.48 Å². The summed E-state index contributed by atoms with van der Waals surface area (Å²) in [6.45, 7) is 0.206. The number of carbonyl (C=O) groups is 1. The zero-order chi connectivity index (χ0) is 15.7. The zero-order valence-corrected chi connectivity index (χ0v) is 15.1. The van der Waals surface area contributed by atoms with Crippen molar-refractivity contribution >= 4 is 50.6 Å². The van der Waals surface area contributed by atoms with Gasteiger partial charge in [0.15, 0.2) is 17.2 Å². The van der Waals surface area contributed by atoms with Gasteiger partial charge in [0.25, 0.3) is 5.91 Å². The van der Waals surface area contributed by atoms with Crippen LogP contribution in [0.25, 0.3) is 0 Å². The van der Waals surface area contributed by atoms with Crippen LogP contribution in [0.5, 0.6) is 11.5 Å². The van der Waals surface area contributed by atoms with Crippen molar-refractivity contribution in [2.45, 2.75) is 0 Å². The van der Waals surface area contributed by atoms with Crippen molar-refractivity contribution in [3.05, 3.63) is 37.6 Å². The first-order chi connectivity index (χ1) is 10.5. The molecule has 0 fully saturated rings. The van der Waals surface area contributed by atoms with Gasteiger partial charge in [-0.05, 0) is 50.7 Å². The van der Waals surface area contributed by atoms with Gasteiger partial charge >= 0.3 is 0 Å². The molecule has 114 valence electrons. The molecule has 0 saturated carbocycles. The Kier molecular flexibility index (Phi) is 4.34. The van der Waals surface area contributed by atoms with Gasteiger partial charge in [0.05, 0.1) is 9.78 Å². The number of fused-ring (bicyclic) bond motifs is 1. The van der Waals surface area contributed by atoms with Gasteiger partial charge in [0.1, 0.15) is 0 Å². The molecule has 1 N–H and O–H groups in total. The molecule has 3 rings (SSSR count). The van der Waals surface area contributed by atoms with Gasteiger partial charge < -0.3 is 9.47 Å². The summed E-state index contributed by atoms with van der Waals surface area (Å²) in [7, 11) is 1.76. The van der Waals surface area contributed by atoms with E-state index in [1.165, 1.54) is 6.21 Å². The molecule has 1 amide bonds. The smallest absolute Gasteiger partial charge is 0.292 e. The van der Waals surface area contributed by atoms with Gasteiger partial charge in [-0.2, -0.15) is 10.2 Å². The highest BCUT2D eigenvalue weighted by atomic mass is 127. The van der Waals surface area contributed by atoms with Gasteiger partial charge in [-0.15, -0.1) is 0 Å². The molecule has 0 spiro atoms. The van der Waals surface area contributed by atoms with E-state index in [-0.39, 0.29) is 12.7 Å². The molecule has 0 saturated heterocycles. The second-order valence-corrected chi connectivity index (χ2v) is 6.44. The van der Waals surface area contributed by atoms with E-state index < -0.39 is 0 Å². The third-order valence-electron chi connectivity index (χ3n) is 2.86. The molecule has 1 aliphatic rings. The second-order valence-electron chi connectivity index (χ2n) is 4.43. The molecule has 1 aliphatic heterocycles. The minimum Gasteiger partial charge on any atom is -0.454 e. The SMILES string of the molecule is Cn1cc(I)c(C(=O)N/N=C/c2cc3c(cc2Br)OCO3)n1. The highest BCUT2D eigenvalue weighted by Crippen LogP contribution is 2.36. The fourth-order valence-corrected chi connectivity index (χ4v) is 3.04.